The number of hydrogen-bond donors (Lipinski definition) is 2. The Labute approximate surface area is 134 Å². The van der Waals surface area contributed by atoms with Crippen LogP contribution in [0.15, 0.2) is 53.4 Å². The minimum Gasteiger partial charge on any atom is -0.506 e. The Morgan fingerprint density at radius 1 is 1.27 bits per heavy atom. The van der Waals surface area contributed by atoms with Gasteiger partial charge in [-0.2, -0.15) is 10.2 Å². The van der Waals surface area contributed by atoms with Gasteiger partial charge in [-0.1, -0.05) is 12.1 Å². The number of anilines is 1. The van der Waals surface area contributed by atoms with Gasteiger partial charge in [0.2, 0.25) is 0 Å². The van der Waals surface area contributed by atoms with Crippen molar-refractivity contribution in [2.45, 2.75) is 6.67 Å². The van der Waals surface area contributed by atoms with Crippen molar-refractivity contribution in [1.82, 2.24) is 19.6 Å². The smallest absolute Gasteiger partial charge is 0.276 e. The van der Waals surface area contributed by atoms with Gasteiger partial charge in [0.1, 0.15) is 12.4 Å². The minimum atomic E-state index is -0.387. The van der Waals surface area contributed by atoms with E-state index in [1.165, 1.54) is 6.07 Å². The highest BCUT2D eigenvalue weighted by Crippen LogP contribution is 2.21. The topological polar surface area (TPSA) is 85.0 Å². The maximum absolute atomic E-state index is 12.1. The molecule has 1 amide bonds. The lowest BCUT2D eigenvalue weighted by atomic mass is 10.3. The van der Waals surface area contributed by atoms with Crippen molar-refractivity contribution >= 4 is 27.5 Å². The molecule has 0 saturated carbocycles. The minimum absolute atomic E-state index is 0.0108. The Hall–Kier alpha value is -2.61. The van der Waals surface area contributed by atoms with Crippen molar-refractivity contribution in [2.75, 3.05) is 5.32 Å². The third kappa shape index (κ3) is 3.17. The van der Waals surface area contributed by atoms with Crippen LogP contribution in [0, 0.1) is 0 Å². The number of phenolic OH excluding ortho intramolecular Hbond substituents is 1. The molecule has 3 aromatic rings. The Morgan fingerprint density at radius 2 is 2.09 bits per heavy atom. The van der Waals surface area contributed by atoms with Gasteiger partial charge >= 0.3 is 0 Å². The Kier molecular flexibility index (Phi) is 3.92. The molecule has 0 saturated heterocycles. The van der Waals surface area contributed by atoms with E-state index >= 15 is 0 Å². The molecule has 2 aromatic heterocycles. The van der Waals surface area contributed by atoms with Crippen LogP contribution in [0.1, 0.15) is 10.5 Å². The molecule has 0 atom stereocenters. The molecule has 0 unspecified atom stereocenters. The molecule has 8 heteroatoms. The summed E-state index contributed by atoms with van der Waals surface area (Å²) in [6.07, 6.45) is 5.17. The number of amides is 1. The Bertz CT molecular complexity index is 811. The second-order valence-corrected chi connectivity index (χ2v) is 5.47. The van der Waals surface area contributed by atoms with Crippen molar-refractivity contribution in [3.63, 3.8) is 0 Å². The summed E-state index contributed by atoms with van der Waals surface area (Å²) in [5.74, 6) is -0.376. The highest BCUT2D eigenvalue weighted by atomic mass is 79.9. The molecule has 0 spiro atoms. The summed E-state index contributed by atoms with van der Waals surface area (Å²) >= 11 is 3.32. The maximum atomic E-state index is 12.1. The van der Waals surface area contributed by atoms with Crippen LogP contribution in [-0.4, -0.2) is 30.6 Å². The van der Waals surface area contributed by atoms with E-state index in [0.29, 0.717) is 12.4 Å². The van der Waals surface area contributed by atoms with Crippen LogP contribution >= 0.6 is 15.9 Å². The van der Waals surface area contributed by atoms with Crippen LogP contribution in [0.25, 0.3) is 0 Å². The number of nitrogens with zero attached hydrogens (tertiary/aromatic N) is 4. The molecule has 0 aliphatic rings. The number of aromatic nitrogens is 4. The molecule has 3 rings (SSSR count). The van der Waals surface area contributed by atoms with Crippen LogP contribution in [0.5, 0.6) is 5.75 Å². The van der Waals surface area contributed by atoms with Gasteiger partial charge in [-0.25, -0.2) is 4.68 Å². The number of rotatable bonds is 4. The Morgan fingerprint density at radius 3 is 2.82 bits per heavy atom. The van der Waals surface area contributed by atoms with Crippen molar-refractivity contribution in [3.05, 3.63) is 59.1 Å². The summed E-state index contributed by atoms with van der Waals surface area (Å²) in [6, 6.07) is 8.13. The number of hydrogen-bond acceptors (Lipinski definition) is 4. The van der Waals surface area contributed by atoms with Crippen LogP contribution in [0.2, 0.25) is 0 Å². The van der Waals surface area contributed by atoms with Crippen LogP contribution in [-0.2, 0) is 6.67 Å². The summed E-state index contributed by atoms with van der Waals surface area (Å²) in [4.78, 5) is 12.1. The largest absolute Gasteiger partial charge is 0.506 e. The van der Waals surface area contributed by atoms with E-state index in [2.05, 4.69) is 31.4 Å². The van der Waals surface area contributed by atoms with Crippen LogP contribution < -0.4 is 5.32 Å². The van der Waals surface area contributed by atoms with Crippen molar-refractivity contribution in [1.29, 1.82) is 0 Å². The first-order valence-electron chi connectivity index (χ1n) is 6.42. The molecule has 1 aromatic carbocycles. The fourth-order valence-electron chi connectivity index (χ4n) is 1.89. The standard InChI is InChI=1S/C14H12BrN5O2/c15-10-7-16-20(8-10)9-19-6-5-12(18-19)14(22)17-11-3-1-2-4-13(11)21/h1-8,21H,9H2,(H,17,22). The average molecular weight is 362 g/mol. The number of nitrogens with one attached hydrogen (secondary N) is 1. The quantitative estimate of drug-likeness (QED) is 0.698. The summed E-state index contributed by atoms with van der Waals surface area (Å²) < 4.78 is 4.15. The number of carbonyl (C=O) groups excluding carboxylic acids is 1. The zero-order valence-electron chi connectivity index (χ0n) is 11.3. The van der Waals surface area contributed by atoms with Gasteiger partial charge in [0.25, 0.3) is 5.91 Å². The third-order valence-electron chi connectivity index (χ3n) is 2.92. The predicted octanol–water partition coefficient (Wildman–Crippen LogP) is 2.31. The van der Waals surface area contributed by atoms with E-state index in [4.69, 9.17) is 0 Å². The fraction of sp³-hybridized carbons (Fsp3) is 0.0714. The fourth-order valence-corrected chi connectivity index (χ4v) is 2.22. The lowest BCUT2D eigenvalue weighted by molar-refractivity contribution is 0.102. The number of phenols is 1. The number of benzene rings is 1. The van der Waals surface area contributed by atoms with Gasteiger partial charge < -0.3 is 10.4 Å². The first kappa shape index (κ1) is 14.3. The second kappa shape index (κ2) is 6.02. The summed E-state index contributed by atoms with van der Waals surface area (Å²) in [5, 5.41) is 20.6. The molecular formula is C14H12BrN5O2. The number of para-hydroxylation sites is 2. The summed E-state index contributed by atoms with van der Waals surface area (Å²) in [5.41, 5.74) is 0.604. The number of aromatic hydroxyl groups is 1. The SMILES string of the molecule is O=C(Nc1ccccc1O)c1ccn(Cn2cc(Br)cn2)n1. The molecule has 0 aliphatic heterocycles. The van der Waals surface area contributed by atoms with Gasteiger partial charge in [0.05, 0.1) is 16.4 Å². The summed E-state index contributed by atoms with van der Waals surface area (Å²) in [6.45, 7) is 0.398. The number of halogens is 1. The zero-order valence-corrected chi connectivity index (χ0v) is 12.9. The molecule has 2 heterocycles. The van der Waals surface area contributed by atoms with Gasteiger partial charge in [0.15, 0.2) is 5.69 Å². The molecule has 0 fully saturated rings. The zero-order chi connectivity index (χ0) is 15.5. The first-order valence-corrected chi connectivity index (χ1v) is 7.22. The predicted molar refractivity (Wildman–Crippen MR) is 83.6 cm³/mol. The monoisotopic (exact) mass is 361 g/mol. The van der Waals surface area contributed by atoms with Gasteiger partial charge in [-0.05, 0) is 34.1 Å². The van der Waals surface area contributed by atoms with Crippen molar-refractivity contribution < 1.29 is 9.90 Å². The van der Waals surface area contributed by atoms with Gasteiger partial charge in [-0.3, -0.25) is 9.48 Å². The van der Waals surface area contributed by atoms with E-state index in [1.807, 2.05) is 6.20 Å². The van der Waals surface area contributed by atoms with Crippen molar-refractivity contribution in [2.24, 2.45) is 0 Å². The lowest BCUT2D eigenvalue weighted by Crippen LogP contribution is -2.15. The van der Waals surface area contributed by atoms with E-state index < -0.39 is 0 Å². The molecule has 112 valence electrons. The van der Waals surface area contributed by atoms with E-state index in [-0.39, 0.29) is 17.4 Å². The van der Waals surface area contributed by atoms with Crippen LogP contribution in [0.3, 0.4) is 0 Å². The maximum Gasteiger partial charge on any atom is 0.276 e. The highest BCUT2D eigenvalue weighted by molar-refractivity contribution is 9.10. The second-order valence-electron chi connectivity index (χ2n) is 4.55. The van der Waals surface area contributed by atoms with E-state index in [9.17, 15) is 9.90 Å². The average Bonchev–Trinajstić information content (AvgIpc) is 3.11. The molecule has 0 aliphatic carbocycles. The van der Waals surface area contributed by atoms with Crippen molar-refractivity contribution in [3.8, 4) is 5.75 Å². The lowest BCUT2D eigenvalue weighted by Gasteiger charge is -2.05. The van der Waals surface area contributed by atoms with Gasteiger partial charge in [0, 0.05) is 12.4 Å². The molecule has 2 N–H and O–H groups in total. The third-order valence-corrected chi connectivity index (χ3v) is 3.33. The Balaban J connectivity index is 1.70. The van der Waals surface area contributed by atoms with E-state index in [0.717, 1.165) is 4.47 Å². The highest BCUT2D eigenvalue weighted by Gasteiger charge is 2.11. The number of carbonyl (C=O) groups is 1. The summed E-state index contributed by atoms with van der Waals surface area (Å²) in [7, 11) is 0. The molecule has 0 bridgehead atoms. The van der Waals surface area contributed by atoms with Crippen LogP contribution in [0.4, 0.5) is 5.69 Å². The molecule has 22 heavy (non-hydrogen) atoms. The molecule has 7 nitrogen and oxygen atoms in total. The van der Waals surface area contributed by atoms with Gasteiger partial charge in [-0.15, -0.1) is 0 Å². The van der Waals surface area contributed by atoms with E-state index in [1.54, 1.807) is 46.0 Å². The molecule has 0 radical (unpaired) electrons. The normalized spacial score (nSPS) is 10.6. The first-order chi connectivity index (χ1) is 10.6. The molecular weight excluding hydrogens is 350 g/mol.